The van der Waals surface area contributed by atoms with Crippen LogP contribution in [-0.2, 0) is 4.74 Å². The van der Waals surface area contributed by atoms with Gasteiger partial charge in [0, 0.05) is 56.3 Å². The number of hydrogen-bond donors (Lipinski definition) is 0. The molecule has 0 aliphatic carbocycles. The van der Waals surface area contributed by atoms with Crippen LogP contribution in [0.1, 0.15) is 30.1 Å². The molecule has 5 heteroatoms. The molecule has 3 heterocycles. The highest BCUT2D eigenvalue weighted by Crippen LogP contribution is 2.23. The Morgan fingerprint density at radius 3 is 2.57 bits per heavy atom. The van der Waals surface area contributed by atoms with Gasteiger partial charge in [0.15, 0.2) is 0 Å². The van der Waals surface area contributed by atoms with E-state index in [4.69, 9.17) is 4.74 Å². The number of ether oxygens (including phenoxy) is 1. The molecular weight excluding hydrogens is 266 g/mol. The number of carbonyl (C=O) groups excluding carboxylic acids is 1. The zero-order valence-corrected chi connectivity index (χ0v) is 12.6. The van der Waals surface area contributed by atoms with E-state index in [0.29, 0.717) is 12.1 Å². The van der Waals surface area contributed by atoms with Crippen LogP contribution in [0, 0.1) is 0 Å². The zero-order chi connectivity index (χ0) is 14.7. The van der Waals surface area contributed by atoms with Gasteiger partial charge >= 0.3 is 0 Å². The second-order valence-electron chi connectivity index (χ2n) is 5.77. The molecule has 0 saturated carbocycles. The number of likely N-dealkylation sites (N-methyl/N-ethyl adjacent to an activating group) is 1. The van der Waals surface area contributed by atoms with E-state index in [-0.39, 0.29) is 5.91 Å². The van der Waals surface area contributed by atoms with Gasteiger partial charge in [0.05, 0.1) is 0 Å². The van der Waals surface area contributed by atoms with Crippen LogP contribution in [0.15, 0.2) is 24.5 Å². The monoisotopic (exact) mass is 289 g/mol. The molecule has 1 aromatic rings. The maximum Gasteiger partial charge on any atom is 0.254 e. The van der Waals surface area contributed by atoms with Gasteiger partial charge in [0.2, 0.25) is 0 Å². The standard InChI is InChI=1S/C16H23N3O2/c1-2-19(14-5-9-21-10-6-14)15-11-18(12-15)16(20)13-3-7-17-8-4-13/h3-4,7-8,14-15H,2,5-6,9-12H2,1H3. The minimum absolute atomic E-state index is 0.122. The largest absolute Gasteiger partial charge is 0.381 e. The van der Waals surface area contributed by atoms with Crippen LogP contribution in [0.25, 0.3) is 0 Å². The molecule has 2 fully saturated rings. The highest BCUT2D eigenvalue weighted by Gasteiger charge is 2.37. The molecule has 2 aliphatic heterocycles. The number of amides is 1. The van der Waals surface area contributed by atoms with E-state index in [1.807, 2.05) is 4.90 Å². The lowest BCUT2D eigenvalue weighted by molar-refractivity contribution is -0.0222. The van der Waals surface area contributed by atoms with Crippen LogP contribution < -0.4 is 0 Å². The summed E-state index contributed by atoms with van der Waals surface area (Å²) in [6.07, 6.45) is 5.57. The Hall–Kier alpha value is -1.46. The molecule has 1 amide bonds. The van der Waals surface area contributed by atoms with Crippen molar-refractivity contribution >= 4 is 5.91 Å². The van der Waals surface area contributed by atoms with Crippen LogP contribution >= 0.6 is 0 Å². The summed E-state index contributed by atoms with van der Waals surface area (Å²) < 4.78 is 5.45. The van der Waals surface area contributed by atoms with Crippen molar-refractivity contribution in [3.8, 4) is 0 Å². The molecule has 0 N–H and O–H groups in total. The lowest BCUT2D eigenvalue weighted by Gasteiger charge is -2.48. The van der Waals surface area contributed by atoms with Crippen molar-refractivity contribution in [3.63, 3.8) is 0 Å². The van der Waals surface area contributed by atoms with Crippen molar-refractivity contribution in [2.24, 2.45) is 0 Å². The van der Waals surface area contributed by atoms with E-state index in [1.165, 1.54) is 0 Å². The predicted molar refractivity (Wildman–Crippen MR) is 80.1 cm³/mol. The molecule has 3 rings (SSSR count). The maximum atomic E-state index is 12.3. The fourth-order valence-electron chi connectivity index (χ4n) is 3.34. The lowest BCUT2D eigenvalue weighted by Crippen LogP contribution is -2.63. The van der Waals surface area contributed by atoms with E-state index in [9.17, 15) is 4.79 Å². The summed E-state index contributed by atoms with van der Waals surface area (Å²) in [5.74, 6) is 0.122. The number of likely N-dealkylation sites (tertiary alicyclic amines) is 1. The second-order valence-corrected chi connectivity index (χ2v) is 5.77. The third kappa shape index (κ3) is 3.09. The van der Waals surface area contributed by atoms with Crippen molar-refractivity contribution in [2.75, 3.05) is 32.8 Å². The number of rotatable bonds is 4. The molecule has 2 aliphatic rings. The quantitative estimate of drug-likeness (QED) is 0.841. The maximum absolute atomic E-state index is 12.3. The van der Waals surface area contributed by atoms with Gasteiger partial charge in [0.1, 0.15) is 0 Å². The van der Waals surface area contributed by atoms with Crippen molar-refractivity contribution in [1.29, 1.82) is 0 Å². The molecule has 2 saturated heterocycles. The van der Waals surface area contributed by atoms with E-state index in [0.717, 1.165) is 51.3 Å². The third-order valence-corrected chi connectivity index (χ3v) is 4.57. The van der Waals surface area contributed by atoms with Gasteiger partial charge in [-0.15, -0.1) is 0 Å². The van der Waals surface area contributed by atoms with Gasteiger partial charge in [0.25, 0.3) is 5.91 Å². The number of hydrogen-bond acceptors (Lipinski definition) is 4. The zero-order valence-electron chi connectivity index (χ0n) is 12.6. The number of pyridine rings is 1. The number of carbonyl (C=O) groups is 1. The first-order valence-electron chi connectivity index (χ1n) is 7.82. The molecule has 0 radical (unpaired) electrons. The molecule has 0 atom stereocenters. The first kappa shape index (κ1) is 14.5. The van der Waals surface area contributed by atoms with Crippen LogP contribution in [0.3, 0.4) is 0 Å². The molecular formula is C16H23N3O2. The van der Waals surface area contributed by atoms with Crippen molar-refractivity contribution in [1.82, 2.24) is 14.8 Å². The number of aromatic nitrogens is 1. The average Bonchev–Trinajstić information content (AvgIpc) is 2.51. The van der Waals surface area contributed by atoms with E-state index in [1.54, 1.807) is 24.5 Å². The van der Waals surface area contributed by atoms with E-state index < -0.39 is 0 Å². The molecule has 114 valence electrons. The van der Waals surface area contributed by atoms with Crippen LogP contribution in [0.2, 0.25) is 0 Å². The Morgan fingerprint density at radius 1 is 1.29 bits per heavy atom. The van der Waals surface area contributed by atoms with Crippen LogP contribution in [0.4, 0.5) is 0 Å². The third-order valence-electron chi connectivity index (χ3n) is 4.57. The lowest BCUT2D eigenvalue weighted by atomic mass is 9.99. The van der Waals surface area contributed by atoms with Crippen LogP contribution in [-0.4, -0.2) is 65.6 Å². The van der Waals surface area contributed by atoms with E-state index in [2.05, 4.69) is 16.8 Å². The Morgan fingerprint density at radius 2 is 1.95 bits per heavy atom. The minimum atomic E-state index is 0.122. The van der Waals surface area contributed by atoms with Gasteiger partial charge in [-0.05, 0) is 31.5 Å². The Bertz CT molecular complexity index is 468. The molecule has 0 aromatic carbocycles. The topological polar surface area (TPSA) is 45.7 Å². The molecule has 0 spiro atoms. The molecule has 0 bridgehead atoms. The van der Waals surface area contributed by atoms with Crippen LogP contribution in [0.5, 0.6) is 0 Å². The first-order valence-corrected chi connectivity index (χ1v) is 7.82. The molecule has 21 heavy (non-hydrogen) atoms. The molecule has 0 unspecified atom stereocenters. The Labute approximate surface area is 125 Å². The van der Waals surface area contributed by atoms with Crippen molar-refractivity contribution < 1.29 is 9.53 Å². The fraction of sp³-hybridized carbons (Fsp3) is 0.625. The SMILES string of the molecule is CCN(C1CCOCC1)C1CN(C(=O)c2ccncc2)C1. The Kier molecular flexibility index (Phi) is 4.51. The summed E-state index contributed by atoms with van der Waals surface area (Å²) in [5, 5.41) is 0. The van der Waals surface area contributed by atoms with Gasteiger partial charge < -0.3 is 9.64 Å². The summed E-state index contributed by atoms with van der Waals surface area (Å²) in [4.78, 5) is 20.8. The van der Waals surface area contributed by atoms with E-state index >= 15 is 0 Å². The fourth-order valence-corrected chi connectivity index (χ4v) is 3.34. The highest BCUT2D eigenvalue weighted by atomic mass is 16.5. The predicted octanol–water partition coefficient (Wildman–Crippen LogP) is 1.41. The van der Waals surface area contributed by atoms with Crippen molar-refractivity contribution in [3.05, 3.63) is 30.1 Å². The second kappa shape index (κ2) is 6.54. The van der Waals surface area contributed by atoms with Gasteiger partial charge in [-0.25, -0.2) is 0 Å². The number of nitrogens with zero attached hydrogens (tertiary/aromatic N) is 3. The minimum Gasteiger partial charge on any atom is -0.381 e. The molecule has 5 nitrogen and oxygen atoms in total. The first-order chi connectivity index (χ1) is 10.3. The summed E-state index contributed by atoms with van der Waals surface area (Å²) in [6, 6.07) is 4.69. The normalized spacial score (nSPS) is 20.6. The van der Waals surface area contributed by atoms with Gasteiger partial charge in [-0.3, -0.25) is 14.7 Å². The highest BCUT2D eigenvalue weighted by molar-refractivity contribution is 5.94. The molecule has 1 aromatic heterocycles. The average molecular weight is 289 g/mol. The summed E-state index contributed by atoms with van der Waals surface area (Å²) >= 11 is 0. The van der Waals surface area contributed by atoms with Gasteiger partial charge in [-0.1, -0.05) is 6.92 Å². The summed E-state index contributed by atoms with van der Waals surface area (Å²) in [5.41, 5.74) is 0.734. The van der Waals surface area contributed by atoms with Gasteiger partial charge in [-0.2, -0.15) is 0 Å². The summed E-state index contributed by atoms with van der Waals surface area (Å²) in [7, 11) is 0. The summed E-state index contributed by atoms with van der Waals surface area (Å²) in [6.45, 7) is 6.68. The Balaban J connectivity index is 1.55. The van der Waals surface area contributed by atoms with Crippen molar-refractivity contribution in [2.45, 2.75) is 31.8 Å². The smallest absolute Gasteiger partial charge is 0.254 e.